The van der Waals surface area contributed by atoms with Gasteiger partial charge in [0.05, 0.1) is 28.2 Å². The number of hydrogen-bond donors (Lipinski definition) is 3. The van der Waals surface area contributed by atoms with Gasteiger partial charge in [0.15, 0.2) is 11.5 Å². The van der Waals surface area contributed by atoms with Crippen molar-refractivity contribution in [3.05, 3.63) is 83.0 Å². The van der Waals surface area contributed by atoms with E-state index in [4.69, 9.17) is 21.1 Å². The quantitative estimate of drug-likeness (QED) is 0.332. The Kier molecular flexibility index (Phi) is 4.90. The van der Waals surface area contributed by atoms with Crippen LogP contribution in [0.2, 0.25) is 5.02 Å². The number of imide groups is 1. The van der Waals surface area contributed by atoms with Crippen LogP contribution >= 0.6 is 11.6 Å². The number of amides is 3. The van der Waals surface area contributed by atoms with Gasteiger partial charge in [0.25, 0.3) is 0 Å². The zero-order valence-corrected chi connectivity index (χ0v) is 21.8. The molecule has 0 radical (unpaired) electrons. The molecule has 40 heavy (non-hydrogen) atoms. The van der Waals surface area contributed by atoms with E-state index in [9.17, 15) is 14.4 Å². The first-order valence-corrected chi connectivity index (χ1v) is 13.6. The highest BCUT2D eigenvalue weighted by Gasteiger charge is 2.70. The zero-order chi connectivity index (χ0) is 27.2. The Bertz CT molecular complexity index is 1770. The van der Waals surface area contributed by atoms with Crippen molar-refractivity contribution < 1.29 is 23.9 Å². The largest absolute Gasteiger partial charge is 0.486 e. The predicted octanol–water partition coefficient (Wildman–Crippen LogP) is 3.76. The number of ether oxygens (including phenoxy) is 2. The van der Waals surface area contributed by atoms with Crippen molar-refractivity contribution in [1.29, 1.82) is 0 Å². The summed E-state index contributed by atoms with van der Waals surface area (Å²) in [4.78, 5) is 46.9. The van der Waals surface area contributed by atoms with E-state index in [1.807, 2.05) is 30.5 Å². The van der Waals surface area contributed by atoms with E-state index in [-0.39, 0.29) is 5.91 Å². The number of aromatic amines is 1. The molecule has 2 saturated heterocycles. The van der Waals surface area contributed by atoms with Gasteiger partial charge in [-0.15, -0.1) is 0 Å². The van der Waals surface area contributed by atoms with Crippen LogP contribution in [0.3, 0.4) is 0 Å². The molecule has 3 aromatic carbocycles. The number of nitrogens with one attached hydrogen (secondary N) is 3. The van der Waals surface area contributed by atoms with Crippen LogP contribution in [-0.2, 0) is 26.3 Å². The Morgan fingerprint density at radius 1 is 0.950 bits per heavy atom. The molecule has 3 N–H and O–H groups in total. The van der Waals surface area contributed by atoms with Gasteiger partial charge >= 0.3 is 0 Å². The molecular formula is C30H23ClN4O5. The topological polar surface area (TPSA) is 113 Å². The third-order valence-electron chi connectivity index (χ3n) is 8.60. The average Bonchev–Trinajstić information content (AvgIpc) is 3.68. The minimum absolute atomic E-state index is 0.357. The van der Waals surface area contributed by atoms with Gasteiger partial charge in [-0.2, -0.15) is 0 Å². The second-order valence-corrected chi connectivity index (χ2v) is 11.0. The summed E-state index contributed by atoms with van der Waals surface area (Å²) in [6.45, 7) is 0.805. The molecule has 4 atom stereocenters. The molecule has 1 aromatic heterocycles. The maximum atomic E-state index is 14.3. The summed E-state index contributed by atoms with van der Waals surface area (Å²) in [5.41, 5.74) is 1.95. The van der Waals surface area contributed by atoms with Crippen molar-refractivity contribution in [3.63, 3.8) is 0 Å². The molecule has 1 spiro atoms. The third-order valence-corrected chi connectivity index (χ3v) is 8.91. The monoisotopic (exact) mass is 554 g/mol. The number of carbonyl (C=O) groups excluding carboxylic acids is 3. The fraction of sp³-hybridized carbons (Fsp3) is 0.233. The lowest BCUT2D eigenvalue weighted by Gasteiger charge is -2.30. The molecule has 5 heterocycles. The standard InChI is InChI=1S/C30H23ClN4O5/c31-19-6-3-5-18-26(19)33-29(38)30(18)25-24(21(34-30)12-15-14-32-20-7-2-1-4-17(15)20)27(36)35(28(25)37)16-8-9-22-23(13-16)40-11-10-39-22/h1-9,13-14,21,24-25,32,34H,10-12H2,(H,33,38)/t21-,24-,25+,30-/m1/s1. The van der Waals surface area contributed by atoms with Gasteiger partial charge in [0.1, 0.15) is 18.8 Å². The van der Waals surface area contributed by atoms with Crippen LogP contribution in [0, 0.1) is 11.8 Å². The first-order chi connectivity index (χ1) is 19.5. The molecule has 200 valence electrons. The Morgan fingerprint density at radius 3 is 2.65 bits per heavy atom. The molecule has 9 nitrogen and oxygen atoms in total. The van der Waals surface area contributed by atoms with E-state index in [1.165, 1.54) is 4.90 Å². The first kappa shape index (κ1) is 23.5. The number of carbonyl (C=O) groups is 3. The Morgan fingerprint density at radius 2 is 1.77 bits per heavy atom. The number of anilines is 2. The van der Waals surface area contributed by atoms with Gasteiger partial charge in [-0.05, 0) is 36.2 Å². The van der Waals surface area contributed by atoms with Crippen molar-refractivity contribution in [3.8, 4) is 11.5 Å². The minimum Gasteiger partial charge on any atom is -0.486 e. The third kappa shape index (κ3) is 3.04. The second kappa shape index (κ2) is 8.33. The highest BCUT2D eigenvalue weighted by atomic mass is 35.5. The number of nitrogens with zero attached hydrogens (tertiary/aromatic N) is 1. The van der Waals surface area contributed by atoms with E-state index >= 15 is 0 Å². The fourth-order valence-electron chi connectivity index (χ4n) is 6.93. The van der Waals surface area contributed by atoms with Crippen LogP contribution in [0.15, 0.2) is 66.9 Å². The molecule has 0 aliphatic carbocycles. The summed E-state index contributed by atoms with van der Waals surface area (Å²) in [6.07, 6.45) is 2.36. The number of para-hydroxylation sites is 2. The number of benzene rings is 3. The molecule has 0 saturated carbocycles. The number of hydrogen-bond acceptors (Lipinski definition) is 6. The smallest absolute Gasteiger partial charge is 0.250 e. The van der Waals surface area contributed by atoms with Crippen molar-refractivity contribution >= 4 is 51.6 Å². The van der Waals surface area contributed by atoms with E-state index in [2.05, 4.69) is 15.6 Å². The summed E-state index contributed by atoms with van der Waals surface area (Å²) in [6, 6.07) is 17.7. The van der Waals surface area contributed by atoms with Crippen LogP contribution in [0.4, 0.5) is 11.4 Å². The molecule has 10 heteroatoms. The number of aromatic nitrogens is 1. The van der Waals surface area contributed by atoms with E-state index < -0.39 is 35.2 Å². The van der Waals surface area contributed by atoms with E-state index in [0.29, 0.717) is 53.1 Å². The Labute approximate surface area is 233 Å². The molecule has 0 unspecified atom stereocenters. The van der Waals surface area contributed by atoms with Gasteiger partial charge in [0.2, 0.25) is 17.7 Å². The fourth-order valence-corrected chi connectivity index (χ4v) is 7.15. The van der Waals surface area contributed by atoms with E-state index in [0.717, 1.165) is 16.5 Å². The summed E-state index contributed by atoms with van der Waals surface area (Å²) >= 11 is 6.48. The molecule has 0 bridgehead atoms. The van der Waals surface area contributed by atoms with Gasteiger partial charge in [-0.1, -0.05) is 41.9 Å². The van der Waals surface area contributed by atoms with Gasteiger partial charge in [-0.3, -0.25) is 19.7 Å². The maximum absolute atomic E-state index is 14.3. The van der Waals surface area contributed by atoms with Crippen LogP contribution in [0.25, 0.3) is 10.9 Å². The molecule has 3 amide bonds. The van der Waals surface area contributed by atoms with Crippen LogP contribution < -0.4 is 25.0 Å². The molecule has 4 aliphatic rings. The van der Waals surface area contributed by atoms with Crippen LogP contribution in [0.1, 0.15) is 11.1 Å². The van der Waals surface area contributed by atoms with Crippen molar-refractivity contribution in [2.75, 3.05) is 23.4 Å². The number of halogens is 1. The van der Waals surface area contributed by atoms with Gasteiger partial charge in [0, 0.05) is 34.8 Å². The second-order valence-electron chi connectivity index (χ2n) is 10.6. The van der Waals surface area contributed by atoms with Crippen LogP contribution in [-0.4, -0.2) is 42.0 Å². The molecular weight excluding hydrogens is 532 g/mol. The number of rotatable bonds is 3. The number of fused-ring (bicyclic) bond motifs is 6. The van der Waals surface area contributed by atoms with Gasteiger partial charge in [-0.25, -0.2) is 4.90 Å². The highest BCUT2D eigenvalue weighted by Crippen LogP contribution is 2.55. The zero-order valence-electron chi connectivity index (χ0n) is 21.1. The normalized spacial score (nSPS) is 26.5. The Balaban J connectivity index is 1.27. The summed E-state index contributed by atoms with van der Waals surface area (Å²) in [5.74, 6) is -1.91. The van der Waals surface area contributed by atoms with Gasteiger partial charge < -0.3 is 19.8 Å². The molecule has 4 aliphatic heterocycles. The number of H-pyrrole nitrogens is 1. The summed E-state index contributed by atoms with van der Waals surface area (Å²) in [5, 5.41) is 7.79. The lowest BCUT2D eigenvalue weighted by Crippen LogP contribution is -2.53. The predicted molar refractivity (Wildman–Crippen MR) is 148 cm³/mol. The lowest BCUT2D eigenvalue weighted by molar-refractivity contribution is -0.130. The SMILES string of the molecule is O=C1[C@H]2[C@@H](C(=O)N1c1ccc3c(c1)OCCO3)[C@@]1(N[C@@H]2Cc2c[nH]c3ccccc23)C(=O)Nc2c(Cl)cccc21. The van der Waals surface area contributed by atoms with Crippen molar-refractivity contribution in [2.45, 2.75) is 18.0 Å². The van der Waals surface area contributed by atoms with Crippen molar-refractivity contribution in [1.82, 2.24) is 10.3 Å². The summed E-state index contributed by atoms with van der Waals surface area (Å²) < 4.78 is 11.4. The highest BCUT2D eigenvalue weighted by molar-refractivity contribution is 6.35. The Hall–Kier alpha value is -4.34. The molecule has 2 fully saturated rings. The van der Waals surface area contributed by atoms with E-state index in [1.54, 1.807) is 36.4 Å². The van der Waals surface area contributed by atoms with Crippen LogP contribution in [0.5, 0.6) is 11.5 Å². The average molecular weight is 555 g/mol. The first-order valence-electron chi connectivity index (χ1n) is 13.2. The van der Waals surface area contributed by atoms with Crippen molar-refractivity contribution in [2.24, 2.45) is 11.8 Å². The summed E-state index contributed by atoms with van der Waals surface area (Å²) in [7, 11) is 0. The lowest BCUT2D eigenvalue weighted by atomic mass is 9.76. The molecule has 4 aromatic rings. The maximum Gasteiger partial charge on any atom is 0.250 e. The minimum atomic E-state index is -1.45. The molecule has 8 rings (SSSR count).